The highest BCUT2D eigenvalue weighted by Gasteiger charge is 2.04. The van der Waals surface area contributed by atoms with Gasteiger partial charge in [0.2, 0.25) is 5.91 Å². The number of allylic oxidation sites excluding steroid dienone is 1. The number of benzene rings is 1. The molecule has 0 bridgehead atoms. The third kappa shape index (κ3) is 15.5. The Hall–Kier alpha value is -2.43. The fraction of sp³-hybridized carbons (Fsp3) is 0.560. The van der Waals surface area contributed by atoms with Gasteiger partial charge >= 0.3 is 0 Å². The summed E-state index contributed by atoms with van der Waals surface area (Å²) < 4.78 is 0. The first-order valence-corrected chi connectivity index (χ1v) is 11.5. The largest absolute Gasteiger partial charge is 0.347 e. The van der Waals surface area contributed by atoms with Crippen LogP contribution < -0.4 is 10.7 Å². The molecule has 0 aromatic heterocycles. The van der Waals surface area contributed by atoms with E-state index in [9.17, 15) is 9.59 Å². The van der Waals surface area contributed by atoms with Gasteiger partial charge in [-0.15, -0.1) is 0 Å². The standard InChI is InChI=1S/C25H39N3O2/c1-2-3-4-5-6-7-8-9-10-11-15-20-24(29)26-22-25(30)28-27-21-16-19-23-17-13-12-14-18-23/h12-14,16-19,21H,2-11,15,20,22H2,1H3,(H,26,29)(H,28,30)/b19-16+,27-21-. The average molecular weight is 414 g/mol. The second-order valence-corrected chi connectivity index (χ2v) is 7.65. The van der Waals surface area contributed by atoms with E-state index in [1.165, 1.54) is 64.0 Å². The van der Waals surface area contributed by atoms with Crippen molar-refractivity contribution in [2.45, 2.75) is 84.0 Å². The van der Waals surface area contributed by atoms with Crippen molar-refractivity contribution in [2.75, 3.05) is 6.54 Å². The summed E-state index contributed by atoms with van der Waals surface area (Å²) in [4.78, 5) is 23.5. The Bertz CT molecular complexity index is 627. The van der Waals surface area contributed by atoms with Crippen LogP contribution in [0.15, 0.2) is 41.5 Å². The SMILES string of the molecule is CCCCCCCCCCCCCC(=O)NCC(=O)N/N=C\C=C\c1ccccc1. The first kappa shape index (κ1) is 25.6. The average Bonchev–Trinajstić information content (AvgIpc) is 2.76. The molecule has 0 aliphatic heterocycles. The maximum absolute atomic E-state index is 11.8. The van der Waals surface area contributed by atoms with Crippen LogP contribution in [0.25, 0.3) is 6.08 Å². The van der Waals surface area contributed by atoms with E-state index in [2.05, 4.69) is 22.8 Å². The van der Waals surface area contributed by atoms with Gasteiger partial charge in [-0.1, -0.05) is 108 Å². The van der Waals surface area contributed by atoms with Crippen molar-refractivity contribution < 1.29 is 9.59 Å². The molecule has 0 unspecified atom stereocenters. The summed E-state index contributed by atoms with van der Waals surface area (Å²) in [5.41, 5.74) is 3.46. The maximum atomic E-state index is 11.8. The van der Waals surface area contributed by atoms with Crippen LogP contribution in [0.2, 0.25) is 0 Å². The van der Waals surface area contributed by atoms with Gasteiger partial charge in [0.15, 0.2) is 0 Å². The lowest BCUT2D eigenvalue weighted by Crippen LogP contribution is -2.34. The van der Waals surface area contributed by atoms with Crippen LogP contribution >= 0.6 is 0 Å². The normalized spacial score (nSPS) is 11.2. The van der Waals surface area contributed by atoms with Gasteiger partial charge in [-0.2, -0.15) is 5.10 Å². The van der Waals surface area contributed by atoms with Gasteiger partial charge in [-0.3, -0.25) is 9.59 Å². The van der Waals surface area contributed by atoms with Gasteiger partial charge in [0.05, 0.1) is 6.54 Å². The second-order valence-electron chi connectivity index (χ2n) is 7.65. The zero-order valence-corrected chi connectivity index (χ0v) is 18.6. The van der Waals surface area contributed by atoms with Gasteiger partial charge in [0.25, 0.3) is 5.91 Å². The molecule has 0 aliphatic rings. The van der Waals surface area contributed by atoms with Crippen LogP contribution in [0.1, 0.15) is 89.5 Å². The Morgan fingerprint density at radius 3 is 2.07 bits per heavy atom. The molecule has 5 heteroatoms. The molecule has 0 spiro atoms. The molecular weight excluding hydrogens is 374 g/mol. The minimum atomic E-state index is -0.327. The van der Waals surface area contributed by atoms with Crippen molar-refractivity contribution in [1.82, 2.24) is 10.7 Å². The molecular formula is C25H39N3O2. The van der Waals surface area contributed by atoms with Crippen molar-refractivity contribution in [3.05, 3.63) is 42.0 Å². The molecule has 0 fully saturated rings. The summed E-state index contributed by atoms with van der Waals surface area (Å²) in [5, 5.41) is 6.48. The number of nitrogens with one attached hydrogen (secondary N) is 2. The number of unbranched alkanes of at least 4 members (excludes halogenated alkanes) is 10. The van der Waals surface area contributed by atoms with Crippen LogP contribution in [0.5, 0.6) is 0 Å². The minimum absolute atomic E-state index is 0.0450. The molecule has 2 amide bonds. The molecule has 0 heterocycles. The quantitative estimate of drug-likeness (QED) is 0.198. The molecule has 5 nitrogen and oxygen atoms in total. The molecule has 1 rings (SSSR count). The third-order valence-electron chi connectivity index (χ3n) is 4.89. The van der Waals surface area contributed by atoms with E-state index < -0.39 is 0 Å². The number of amides is 2. The molecule has 0 aliphatic carbocycles. The minimum Gasteiger partial charge on any atom is -0.347 e. The second kappa shape index (κ2) is 18.6. The number of nitrogens with zero attached hydrogens (tertiary/aromatic N) is 1. The van der Waals surface area contributed by atoms with Crippen molar-refractivity contribution in [2.24, 2.45) is 5.10 Å². The van der Waals surface area contributed by atoms with Gasteiger partial charge in [-0.05, 0) is 18.1 Å². The Morgan fingerprint density at radius 1 is 0.833 bits per heavy atom. The van der Waals surface area contributed by atoms with E-state index in [4.69, 9.17) is 0 Å². The van der Waals surface area contributed by atoms with E-state index in [0.29, 0.717) is 6.42 Å². The van der Waals surface area contributed by atoms with Gasteiger partial charge in [-0.25, -0.2) is 5.43 Å². The zero-order valence-electron chi connectivity index (χ0n) is 18.6. The lowest BCUT2D eigenvalue weighted by atomic mass is 10.1. The smallest absolute Gasteiger partial charge is 0.259 e. The zero-order chi connectivity index (χ0) is 21.7. The highest BCUT2D eigenvalue weighted by molar-refractivity contribution is 5.85. The van der Waals surface area contributed by atoms with Crippen LogP contribution in [0, 0.1) is 0 Å². The van der Waals surface area contributed by atoms with Crippen LogP contribution in [0.3, 0.4) is 0 Å². The summed E-state index contributed by atoms with van der Waals surface area (Å²) in [7, 11) is 0. The summed E-state index contributed by atoms with van der Waals surface area (Å²) in [6, 6.07) is 9.83. The molecule has 0 atom stereocenters. The number of hydrogen-bond acceptors (Lipinski definition) is 3. The fourth-order valence-electron chi connectivity index (χ4n) is 3.13. The maximum Gasteiger partial charge on any atom is 0.259 e. The third-order valence-corrected chi connectivity index (χ3v) is 4.89. The molecule has 1 aromatic rings. The highest BCUT2D eigenvalue weighted by Crippen LogP contribution is 2.11. The summed E-state index contributed by atoms with van der Waals surface area (Å²) in [6.07, 6.45) is 19.5. The van der Waals surface area contributed by atoms with Crippen molar-refractivity contribution in [3.8, 4) is 0 Å². The number of hydrogen-bond donors (Lipinski definition) is 2. The number of hydrazone groups is 1. The van der Waals surface area contributed by atoms with Gasteiger partial charge < -0.3 is 5.32 Å². The Labute approximate surface area is 182 Å². The molecule has 166 valence electrons. The number of carbonyl (C=O) groups is 2. The fourth-order valence-corrected chi connectivity index (χ4v) is 3.13. The van der Waals surface area contributed by atoms with E-state index in [0.717, 1.165) is 18.4 Å². The molecule has 0 saturated heterocycles. The number of rotatable bonds is 17. The van der Waals surface area contributed by atoms with Crippen molar-refractivity contribution >= 4 is 24.1 Å². The lowest BCUT2D eigenvalue weighted by Gasteiger charge is -2.04. The first-order chi connectivity index (χ1) is 14.7. The van der Waals surface area contributed by atoms with E-state index in [1.54, 1.807) is 6.08 Å². The van der Waals surface area contributed by atoms with E-state index in [1.807, 2.05) is 36.4 Å². The van der Waals surface area contributed by atoms with E-state index >= 15 is 0 Å². The molecule has 0 radical (unpaired) electrons. The molecule has 1 aromatic carbocycles. The van der Waals surface area contributed by atoms with Gasteiger partial charge in [0, 0.05) is 12.6 Å². The Morgan fingerprint density at radius 2 is 1.43 bits per heavy atom. The first-order valence-electron chi connectivity index (χ1n) is 11.5. The Kier molecular flexibility index (Phi) is 15.9. The summed E-state index contributed by atoms with van der Waals surface area (Å²) in [6.45, 7) is 2.20. The van der Waals surface area contributed by atoms with Crippen molar-refractivity contribution in [3.63, 3.8) is 0 Å². The predicted molar refractivity (Wildman–Crippen MR) is 126 cm³/mol. The predicted octanol–water partition coefficient (Wildman–Crippen LogP) is 5.62. The van der Waals surface area contributed by atoms with Gasteiger partial charge in [0.1, 0.15) is 0 Å². The molecule has 2 N–H and O–H groups in total. The lowest BCUT2D eigenvalue weighted by molar-refractivity contribution is -0.126. The summed E-state index contributed by atoms with van der Waals surface area (Å²) >= 11 is 0. The van der Waals surface area contributed by atoms with Crippen molar-refractivity contribution in [1.29, 1.82) is 0 Å². The summed E-state index contributed by atoms with van der Waals surface area (Å²) in [5.74, 6) is -0.402. The molecule has 30 heavy (non-hydrogen) atoms. The number of carbonyl (C=O) groups excluding carboxylic acids is 2. The monoisotopic (exact) mass is 413 g/mol. The van der Waals surface area contributed by atoms with Crippen LogP contribution in [-0.2, 0) is 9.59 Å². The van der Waals surface area contributed by atoms with E-state index in [-0.39, 0.29) is 18.4 Å². The highest BCUT2D eigenvalue weighted by atomic mass is 16.2. The molecule has 0 saturated carbocycles. The van der Waals surface area contributed by atoms with Crippen LogP contribution in [0.4, 0.5) is 0 Å². The Balaban J connectivity index is 1.94. The topological polar surface area (TPSA) is 70.6 Å². The van der Waals surface area contributed by atoms with Crippen LogP contribution in [-0.4, -0.2) is 24.6 Å².